The van der Waals surface area contributed by atoms with E-state index >= 15 is 0 Å². The summed E-state index contributed by atoms with van der Waals surface area (Å²) in [4.78, 5) is 12.2. The Morgan fingerprint density at radius 3 is 2.29 bits per heavy atom. The molecule has 0 heterocycles. The number of benzene rings is 3. The third kappa shape index (κ3) is 5.29. The Kier molecular flexibility index (Phi) is 6.53. The summed E-state index contributed by atoms with van der Waals surface area (Å²) in [7, 11) is 0. The lowest BCUT2D eigenvalue weighted by Crippen LogP contribution is -2.24. The van der Waals surface area contributed by atoms with Gasteiger partial charge in [-0.1, -0.05) is 60.7 Å². The summed E-state index contributed by atoms with van der Waals surface area (Å²) < 4.78 is 5.73. The van der Waals surface area contributed by atoms with Crippen LogP contribution in [0.4, 0.5) is 0 Å². The van der Waals surface area contributed by atoms with Crippen molar-refractivity contribution < 1.29 is 9.53 Å². The summed E-state index contributed by atoms with van der Waals surface area (Å²) in [5, 5.41) is 13.2. The standard InChI is InChI=1S/C23H19N3O2/c24-15-22(20-9-5-2-6-10-20)23(27)26-25-16-18-11-13-21(14-12-18)28-17-19-7-3-1-4-8-19/h1-14,16,22H,17H2,(H,26,27)/b25-16-/t22-/m0/s1. The van der Waals surface area contributed by atoms with Gasteiger partial charge >= 0.3 is 0 Å². The first-order valence-electron chi connectivity index (χ1n) is 8.80. The molecule has 28 heavy (non-hydrogen) atoms. The van der Waals surface area contributed by atoms with E-state index in [9.17, 15) is 10.1 Å². The molecule has 1 atom stereocenters. The van der Waals surface area contributed by atoms with Gasteiger partial charge in [-0.3, -0.25) is 4.79 Å². The number of carbonyl (C=O) groups excluding carboxylic acids is 1. The average Bonchev–Trinajstić information content (AvgIpc) is 2.75. The third-order valence-corrected chi connectivity index (χ3v) is 4.04. The molecule has 3 aromatic rings. The zero-order valence-corrected chi connectivity index (χ0v) is 15.2. The van der Waals surface area contributed by atoms with Crippen LogP contribution in [-0.4, -0.2) is 12.1 Å². The van der Waals surface area contributed by atoms with Crippen molar-refractivity contribution in [3.63, 3.8) is 0 Å². The average molecular weight is 369 g/mol. The monoisotopic (exact) mass is 369 g/mol. The minimum Gasteiger partial charge on any atom is -0.489 e. The molecule has 0 spiro atoms. The van der Waals surface area contributed by atoms with Gasteiger partial charge in [0, 0.05) is 0 Å². The number of nitrogens with one attached hydrogen (secondary N) is 1. The molecule has 0 aliphatic carbocycles. The number of hydrazone groups is 1. The molecule has 0 aromatic heterocycles. The quantitative estimate of drug-likeness (QED) is 0.505. The predicted molar refractivity (Wildman–Crippen MR) is 108 cm³/mol. The fourth-order valence-electron chi connectivity index (χ4n) is 2.56. The van der Waals surface area contributed by atoms with E-state index in [0.717, 1.165) is 16.9 Å². The molecule has 0 saturated heterocycles. The van der Waals surface area contributed by atoms with Crippen molar-refractivity contribution >= 4 is 12.1 Å². The molecule has 0 aliphatic heterocycles. The van der Waals surface area contributed by atoms with E-state index in [1.165, 1.54) is 6.21 Å². The van der Waals surface area contributed by atoms with Gasteiger partial charge in [-0.25, -0.2) is 5.43 Å². The Balaban J connectivity index is 1.53. The molecule has 3 rings (SSSR count). The lowest BCUT2D eigenvalue weighted by Gasteiger charge is -2.07. The van der Waals surface area contributed by atoms with Gasteiger partial charge in [-0.05, 0) is 41.0 Å². The number of hydrogen-bond donors (Lipinski definition) is 1. The van der Waals surface area contributed by atoms with E-state index in [-0.39, 0.29) is 0 Å². The predicted octanol–water partition coefficient (Wildman–Crippen LogP) is 4.02. The second-order valence-corrected chi connectivity index (χ2v) is 6.05. The van der Waals surface area contributed by atoms with Crippen LogP contribution in [0.5, 0.6) is 5.75 Å². The lowest BCUT2D eigenvalue weighted by molar-refractivity contribution is -0.121. The largest absolute Gasteiger partial charge is 0.489 e. The number of hydrogen-bond acceptors (Lipinski definition) is 4. The van der Waals surface area contributed by atoms with Crippen LogP contribution >= 0.6 is 0 Å². The molecule has 0 saturated carbocycles. The molecule has 0 aliphatic rings. The maximum absolute atomic E-state index is 12.2. The maximum Gasteiger partial charge on any atom is 0.261 e. The molecule has 0 radical (unpaired) electrons. The van der Waals surface area contributed by atoms with Gasteiger partial charge < -0.3 is 4.74 Å². The molecular formula is C23H19N3O2. The molecule has 5 nitrogen and oxygen atoms in total. The summed E-state index contributed by atoms with van der Waals surface area (Å²) in [6.07, 6.45) is 1.53. The molecule has 1 N–H and O–H groups in total. The summed E-state index contributed by atoms with van der Waals surface area (Å²) in [6, 6.07) is 28.2. The highest BCUT2D eigenvalue weighted by Gasteiger charge is 2.19. The summed E-state index contributed by atoms with van der Waals surface area (Å²) in [5.41, 5.74) is 4.96. The number of rotatable bonds is 7. The van der Waals surface area contributed by atoms with Crippen LogP contribution in [-0.2, 0) is 11.4 Å². The van der Waals surface area contributed by atoms with Gasteiger partial charge in [0.1, 0.15) is 12.4 Å². The minimum absolute atomic E-state index is 0.465. The number of nitrogens with zero attached hydrogens (tertiary/aromatic N) is 2. The second kappa shape index (κ2) is 9.70. The topological polar surface area (TPSA) is 74.5 Å². The van der Waals surface area contributed by atoms with Gasteiger partial charge in [0.15, 0.2) is 5.92 Å². The third-order valence-electron chi connectivity index (χ3n) is 4.04. The summed E-state index contributed by atoms with van der Waals surface area (Å²) in [6.45, 7) is 0.499. The number of nitriles is 1. The Bertz CT molecular complexity index is 962. The molecular weight excluding hydrogens is 350 g/mol. The first kappa shape index (κ1) is 18.9. The van der Waals surface area contributed by atoms with E-state index in [1.54, 1.807) is 24.3 Å². The van der Waals surface area contributed by atoms with Crippen molar-refractivity contribution in [1.82, 2.24) is 5.43 Å². The zero-order valence-electron chi connectivity index (χ0n) is 15.2. The van der Waals surface area contributed by atoms with Crippen molar-refractivity contribution in [3.05, 3.63) is 102 Å². The Morgan fingerprint density at radius 2 is 1.64 bits per heavy atom. The van der Waals surface area contributed by atoms with Crippen LogP contribution in [0.25, 0.3) is 0 Å². The highest BCUT2D eigenvalue weighted by atomic mass is 16.5. The number of carbonyl (C=O) groups is 1. The van der Waals surface area contributed by atoms with Crippen molar-refractivity contribution in [2.45, 2.75) is 12.5 Å². The lowest BCUT2D eigenvalue weighted by atomic mass is 10.0. The normalized spacial score (nSPS) is 11.5. The van der Waals surface area contributed by atoms with E-state index in [2.05, 4.69) is 10.5 Å². The minimum atomic E-state index is -0.896. The summed E-state index contributed by atoms with van der Waals surface area (Å²) >= 11 is 0. The SMILES string of the molecule is N#C[C@H](C(=O)N/N=C\c1ccc(OCc2ccccc2)cc1)c1ccccc1. The van der Waals surface area contributed by atoms with E-state index < -0.39 is 11.8 Å². The van der Waals surface area contributed by atoms with Gasteiger partial charge in [-0.15, -0.1) is 0 Å². The molecule has 5 heteroatoms. The summed E-state index contributed by atoms with van der Waals surface area (Å²) in [5.74, 6) is -0.612. The van der Waals surface area contributed by atoms with Gasteiger partial charge in [-0.2, -0.15) is 10.4 Å². The smallest absolute Gasteiger partial charge is 0.261 e. The Labute approximate surface area is 163 Å². The van der Waals surface area contributed by atoms with Gasteiger partial charge in [0.25, 0.3) is 5.91 Å². The first-order valence-corrected chi connectivity index (χ1v) is 8.80. The number of ether oxygens (including phenoxy) is 1. The molecule has 0 bridgehead atoms. The van der Waals surface area contributed by atoms with Crippen LogP contribution in [0.15, 0.2) is 90.0 Å². The van der Waals surface area contributed by atoms with E-state index in [1.807, 2.05) is 66.7 Å². The number of amides is 1. The fraction of sp³-hybridized carbons (Fsp3) is 0.0870. The van der Waals surface area contributed by atoms with Crippen LogP contribution < -0.4 is 10.2 Å². The highest BCUT2D eigenvalue weighted by molar-refractivity contribution is 5.88. The highest BCUT2D eigenvalue weighted by Crippen LogP contribution is 2.15. The van der Waals surface area contributed by atoms with Crippen molar-refractivity contribution in [2.75, 3.05) is 0 Å². The molecule has 3 aromatic carbocycles. The maximum atomic E-state index is 12.2. The van der Waals surface area contributed by atoms with Gasteiger partial charge in [0.05, 0.1) is 12.3 Å². The first-order chi connectivity index (χ1) is 13.8. The van der Waals surface area contributed by atoms with Crippen molar-refractivity contribution in [2.24, 2.45) is 5.10 Å². The van der Waals surface area contributed by atoms with Crippen molar-refractivity contribution in [1.29, 1.82) is 5.26 Å². The molecule has 0 fully saturated rings. The van der Waals surface area contributed by atoms with Crippen LogP contribution in [0, 0.1) is 11.3 Å². The van der Waals surface area contributed by atoms with Gasteiger partial charge in [0.2, 0.25) is 0 Å². The van der Waals surface area contributed by atoms with Crippen LogP contribution in [0.1, 0.15) is 22.6 Å². The Morgan fingerprint density at radius 1 is 1.00 bits per heavy atom. The molecule has 138 valence electrons. The second-order valence-electron chi connectivity index (χ2n) is 6.05. The fourth-order valence-corrected chi connectivity index (χ4v) is 2.56. The van der Waals surface area contributed by atoms with E-state index in [0.29, 0.717) is 12.2 Å². The van der Waals surface area contributed by atoms with E-state index in [4.69, 9.17) is 4.74 Å². The Hall–Kier alpha value is -3.91. The zero-order chi connectivity index (χ0) is 19.6. The van der Waals surface area contributed by atoms with Crippen LogP contribution in [0.3, 0.4) is 0 Å². The molecule has 1 amide bonds. The van der Waals surface area contributed by atoms with Crippen LogP contribution in [0.2, 0.25) is 0 Å². The van der Waals surface area contributed by atoms with Crippen molar-refractivity contribution in [3.8, 4) is 11.8 Å². The molecule has 0 unspecified atom stereocenters.